The third-order valence-corrected chi connectivity index (χ3v) is 2.72. The second-order valence-electron chi connectivity index (χ2n) is 3.69. The van der Waals surface area contributed by atoms with E-state index < -0.39 is 44.9 Å². The zero-order valence-electron chi connectivity index (χ0n) is 10.1. The zero-order chi connectivity index (χ0) is 14.6. The van der Waals surface area contributed by atoms with Crippen molar-refractivity contribution in [3.05, 3.63) is 0 Å². The van der Waals surface area contributed by atoms with E-state index in [0.29, 0.717) is 0 Å². The maximum Gasteiger partial charge on any atom is 0.469 e. The predicted molar refractivity (Wildman–Crippen MR) is 55.9 cm³/mol. The third kappa shape index (κ3) is 4.59. The van der Waals surface area contributed by atoms with Crippen LogP contribution in [0.1, 0.15) is 0 Å². The first-order valence-electron chi connectivity index (χ1n) is 5.33. The molecule has 2 unspecified atom stereocenters. The molecule has 1 amide bonds. The number of amides is 1. The molecule has 18 heavy (non-hydrogen) atoms. The lowest BCUT2D eigenvalue weighted by atomic mass is 10.1. The van der Waals surface area contributed by atoms with Crippen LogP contribution in [0, 0.1) is 0 Å². The molecule has 0 aromatic rings. The SMILES string of the molecule is [2H]OP(=O)(O)OC[C@H]1OC(NCC(N)=O)[C@H](O)[C@@H]1O. The average Bonchev–Trinajstić information content (AvgIpc) is 2.61. The van der Waals surface area contributed by atoms with E-state index >= 15 is 0 Å². The van der Waals surface area contributed by atoms with Gasteiger partial charge in [-0.2, -0.15) is 0 Å². The molecule has 10 nitrogen and oxygen atoms in total. The fraction of sp³-hybridized carbons (Fsp3) is 0.857. The van der Waals surface area contributed by atoms with Crippen LogP contribution in [0.5, 0.6) is 0 Å². The minimum absolute atomic E-state index is 0.281. The molecule has 0 bridgehead atoms. The summed E-state index contributed by atoms with van der Waals surface area (Å²) in [5.41, 5.74) is 4.89. The third-order valence-electron chi connectivity index (χ3n) is 2.24. The van der Waals surface area contributed by atoms with Crippen LogP contribution in [0.25, 0.3) is 0 Å². The standard InChI is InChI=1S/C7H15N2O8P/c8-4(10)1-9-7-6(12)5(11)3(17-7)2-16-18(13,14)15/h3,5-7,9,11-12H,1-2H2,(H2,8,10)(H2,13,14,15)/t3-,5-,6-,7?/m1/s1/i/hD. The fourth-order valence-corrected chi connectivity index (χ4v) is 1.76. The van der Waals surface area contributed by atoms with Crippen molar-refractivity contribution in [2.75, 3.05) is 13.2 Å². The van der Waals surface area contributed by atoms with E-state index in [0.717, 1.165) is 0 Å². The minimum atomic E-state index is -4.52. The first-order chi connectivity index (χ1) is 8.76. The van der Waals surface area contributed by atoms with Crippen molar-refractivity contribution < 1.29 is 38.6 Å². The number of nitrogens with one attached hydrogen (secondary N) is 1. The molecule has 1 aliphatic rings. The molecular weight excluding hydrogens is 271 g/mol. The summed E-state index contributed by atoms with van der Waals surface area (Å²) in [5, 5.41) is 21.6. The molecule has 0 aromatic carbocycles. The van der Waals surface area contributed by atoms with E-state index in [4.69, 9.17) is 16.8 Å². The molecule has 1 saturated heterocycles. The molecule has 5 atom stereocenters. The summed E-state index contributed by atoms with van der Waals surface area (Å²) >= 11 is 0. The first kappa shape index (κ1) is 13.8. The average molecular weight is 287 g/mol. The van der Waals surface area contributed by atoms with Gasteiger partial charge in [0.15, 0.2) is 0 Å². The number of carbonyl (C=O) groups is 1. The Kier molecular flexibility index (Phi) is 4.65. The van der Waals surface area contributed by atoms with E-state index in [1.165, 1.54) is 0 Å². The summed E-state index contributed by atoms with van der Waals surface area (Å²) in [6.07, 6.45) is -4.99. The Balaban J connectivity index is 2.49. The van der Waals surface area contributed by atoms with Gasteiger partial charge in [0, 0.05) is 0 Å². The minimum Gasteiger partial charge on any atom is -0.387 e. The van der Waals surface area contributed by atoms with Crippen LogP contribution in [0.15, 0.2) is 0 Å². The van der Waals surface area contributed by atoms with Crippen molar-refractivity contribution >= 4 is 13.7 Å². The number of aliphatic hydroxyl groups excluding tert-OH is 2. The number of rotatable bonds is 7. The number of hydrogen-bond donors (Lipinski definition) is 6. The summed E-state index contributed by atoms with van der Waals surface area (Å²) < 4.78 is 26.6. The number of primary amides is 1. The van der Waals surface area contributed by atoms with Gasteiger partial charge in [-0.05, 0) is 0 Å². The van der Waals surface area contributed by atoms with Crippen molar-refractivity contribution in [1.29, 1.82) is 1.43 Å². The van der Waals surface area contributed by atoms with Gasteiger partial charge in [-0.15, -0.1) is 0 Å². The maximum atomic E-state index is 10.9. The monoisotopic (exact) mass is 287 g/mol. The second kappa shape index (κ2) is 6.04. The van der Waals surface area contributed by atoms with Crippen LogP contribution < -0.4 is 11.1 Å². The highest BCUT2D eigenvalue weighted by atomic mass is 31.2. The van der Waals surface area contributed by atoms with Crippen molar-refractivity contribution in [3.63, 3.8) is 0 Å². The zero-order valence-corrected chi connectivity index (χ0v) is 10.0. The Morgan fingerprint density at radius 3 is 2.78 bits per heavy atom. The molecule has 11 heteroatoms. The van der Waals surface area contributed by atoms with E-state index in [1.807, 2.05) is 0 Å². The first-order valence-corrected chi connectivity index (χ1v) is 6.42. The molecule has 1 heterocycles. The number of hydrogen-bond acceptors (Lipinski definition) is 8. The van der Waals surface area contributed by atoms with Gasteiger partial charge in [0.1, 0.15) is 24.5 Å². The van der Waals surface area contributed by atoms with Crippen LogP contribution in [0.3, 0.4) is 0 Å². The van der Waals surface area contributed by atoms with Crippen LogP contribution in [0.2, 0.25) is 0 Å². The van der Waals surface area contributed by atoms with Gasteiger partial charge in [0.2, 0.25) is 7.34 Å². The predicted octanol–water partition coefficient (Wildman–Crippen LogP) is -3.38. The van der Waals surface area contributed by atoms with Gasteiger partial charge in [0.05, 0.1) is 13.2 Å². The van der Waals surface area contributed by atoms with Crippen LogP contribution in [0.4, 0.5) is 0 Å². The van der Waals surface area contributed by atoms with Crippen molar-refractivity contribution in [3.8, 4) is 0 Å². The van der Waals surface area contributed by atoms with Gasteiger partial charge in [-0.1, -0.05) is 0 Å². The highest BCUT2D eigenvalue weighted by Crippen LogP contribution is 2.36. The molecule has 1 rings (SSSR count). The Morgan fingerprint density at radius 2 is 2.22 bits per heavy atom. The molecular formula is C7H15N2O8P. The highest BCUT2D eigenvalue weighted by Gasteiger charge is 2.43. The second-order valence-corrected chi connectivity index (χ2v) is 4.88. The Morgan fingerprint density at radius 1 is 1.56 bits per heavy atom. The Bertz CT molecular complexity index is 371. The summed E-state index contributed by atoms with van der Waals surface area (Å²) in [5.74, 6) is -0.688. The lowest BCUT2D eigenvalue weighted by molar-refractivity contribution is -0.118. The van der Waals surface area contributed by atoms with Gasteiger partial charge < -0.3 is 30.5 Å². The summed E-state index contributed by atoms with van der Waals surface area (Å²) in [6.45, 7) is -0.865. The van der Waals surface area contributed by atoms with Crippen molar-refractivity contribution in [2.24, 2.45) is 5.73 Å². The van der Waals surface area contributed by atoms with Gasteiger partial charge in [0.25, 0.3) is 0 Å². The summed E-state index contributed by atoms with van der Waals surface area (Å²) in [7, 11) is -4.52. The lowest BCUT2D eigenvalue weighted by Gasteiger charge is -2.15. The van der Waals surface area contributed by atoms with Gasteiger partial charge in [-0.25, -0.2) is 4.57 Å². The topological polar surface area (TPSA) is 172 Å². The number of aliphatic hydroxyl groups is 2. The largest absolute Gasteiger partial charge is 0.469 e. The summed E-state index contributed by atoms with van der Waals surface area (Å²) in [4.78, 5) is 22.8. The van der Waals surface area contributed by atoms with E-state index in [-0.39, 0.29) is 6.54 Å². The molecule has 0 radical (unpaired) electrons. The highest BCUT2D eigenvalue weighted by molar-refractivity contribution is 7.46. The molecule has 0 spiro atoms. The van der Waals surface area contributed by atoms with Gasteiger partial charge >= 0.3 is 7.82 Å². The van der Waals surface area contributed by atoms with Crippen LogP contribution in [-0.2, 0) is 18.6 Å². The number of phosphoric ester groups is 1. The Labute approximate surface area is 103 Å². The normalized spacial score (nSPS) is 36.1. The van der Waals surface area contributed by atoms with Crippen molar-refractivity contribution in [1.82, 2.24) is 5.32 Å². The summed E-state index contributed by atoms with van der Waals surface area (Å²) in [6, 6.07) is 0. The number of nitrogens with two attached hydrogens (primary N) is 1. The molecule has 7 N–H and O–H groups in total. The van der Waals surface area contributed by atoms with E-state index in [2.05, 4.69) is 14.7 Å². The number of carbonyl (C=O) groups excluding carboxylic acids is 1. The maximum absolute atomic E-state index is 10.9. The molecule has 0 aliphatic carbocycles. The Hall–Kier alpha value is -0.580. The van der Waals surface area contributed by atoms with Crippen LogP contribution in [-0.4, -0.2) is 65.0 Å². The van der Waals surface area contributed by atoms with Crippen molar-refractivity contribution in [2.45, 2.75) is 24.5 Å². The van der Waals surface area contributed by atoms with Gasteiger partial charge in [-0.3, -0.25) is 14.6 Å². The molecule has 1 aliphatic heterocycles. The number of phosphoric acid groups is 1. The quantitative estimate of drug-likeness (QED) is 0.261. The number of ether oxygens (including phenoxy) is 1. The fourth-order valence-electron chi connectivity index (χ4n) is 1.42. The van der Waals surface area contributed by atoms with E-state index in [9.17, 15) is 19.6 Å². The van der Waals surface area contributed by atoms with E-state index in [1.54, 1.807) is 0 Å². The smallest absolute Gasteiger partial charge is 0.387 e. The lowest BCUT2D eigenvalue weighted by Crippen LogP contribution is -2.44. The molecule has 106 valence electrons. The molecule has 0 saturated carbocycles. The molecule has 1 fully saturated rings. The molecule has 0 aromatic heterocycles. The van der Waals surface area contributed by atoms with Crippen LogP contribution >= 0.6 is 7.82 Å².